The summed E-state index contributed by atoms with van der Waals surface area (Å²) in [7, 11) is 0. The van der Waals surface area contributed by atoms with Gasteiger partial charge in [-0.25, -0.2) is 9.48 Å². The molecular weight excluding hydrogens is 584 g/mol. The average molecular weight is 629 g/mol. The summed E-state index contributed by atoms with van der Waals surface area (Å²) in [5.41, 5.74) is 5.74. The molecule has 2 amide bonds. The van der Waals surface area contributed by atoms with Gasteiger partial charge in [-0.2, -0.15) is 10.4 Å². The van der Waals surface area contributed by atoms with Gasteiger partial charge in [0.15, 0.2) is 5.78 Å². The van der Waals surface area contributed by atoms with Crippen molar-refractivity contribution in [1.29, 1.82) is 5.26 Å². The Morgan fingerprint density at radius 3 is 2.26 bits per heavy atom. The van der Waals surface area contributed by atoms with Crippen LogP contribution in [-0.2, 0) is 5.41 Å². The van der Waals surface area contributed by atoms with Crippen molar-refractivity contribution in [3.63, 3.8) is 0 Å². The van der Waals surface area contributed by atoms with E-state index >= 15 is 0 Å². The van der Waals surface area contributed by atoms with Crippen LogP contribution in [-0.4, -0.2) is 33.7 Å². The second-order valence-corrected chi connectivity index (χ2v) is 14.3. The van der Waals surface area contributed by atoms with Crippen molar-refractivity contribution in [3.05, 3.63) is 107 Å². The van der Waals surface area contributed by atoms with Crippen molar-refractivity contribution >= 4 is 23.3 Å². The van der Waals surface area contributed by atoms with E-state index in [1.807, 2.05) is 92.7 Å². The van der Waals surface area contributed by atoms with Gasteiger partial charge in [-0.15, -0.1) is 0 Å². The first-order chi connectivity index (χ1) is 22.5. The summed E-state index contributed by atoms with van der Waals surface area (Å²) in [5.74, 6) is 0.269. The minimum atomic E-state index is -0.377. The van der Waals surface area contributed by atoms with Crippen molar-refractivity contribution in [2.45, 2.75) is 89.6 Å². The number of piperidine rings is 1. The molecule has 8 heteroatoms. The van der Waals surface area contributed by atoms with Crippen LogP contribution >= 0.6 is 0 Å². The van der Waals surface area contributed by atoms with Crippen LogP contribution < -0.4 is 16.0 Å². The third-order valence-electron chi connectivity index (χ3n) is 9.65. The molecule has 3 heterocycles. The van der Waals surface area contributed by atoms with Crippen LogP contribution in [0.1, 0.15) is 98.0 Å². The van der Waals surface area contributed by atoms with E-state index in [1.54, 1.807) is 4.68 Å². The van der Waals surface area contributed by atoms with Gasteiger partial charge in [-0.3, -0.25) is 10.1 Å². The lowest BCUT2D eigenvalue weighted by Crippen LogP contribution is -2.41. The number of rotatable bonds is 8. The van der Waals surface area contributed by atoms with E-state index in [-0.39, 0.29) is 35.0 Å². The number of benzene rings is 3. The van der Waals surface area contributed by atoms with Crippen molar-refractivity contribution in [1.82, 2.24) is 15.1 Å². The lowest BCUT2D eigenvalue weighted by atomic mass is 9.74. The van der Waals surface area contributed by atoms with Gasteiger partial charge < -0.3 is 10.6 Å². The molecule has 4 atom stereocenters. The molecule has 242 valence electrons. The molecule has 4 unspecified atom stereocenters. The number of Topliss-reactive ketones (excluding diaryl/α,β-unsaturated/α-hetero) is 1. The molecule has 2 bridgehead atoms. The lowest BCUT2D eigenvalue weighted by Gasteiger charge is -2.34. The number of nitriles is 1. The summed E-state index contributed by atoms with van der Waals surface area (Å²) >= 11 is 0. The van der Waals surface area contributed by atoms with Gasteiger partial charge in [0.1, 0.15) is 5.82 Å². The van der Waals surface area contributed by atoms with Crippen LogP contribution in [0.2, 0.25) is 0 Å². The highest BCUT2D eigenvalue weighted by Crippen LogP contribution is 2.41. The standard InChI is InChI=1S/C39H44N6O2/c1-24-9-17-33(18-10-24)45-35(22-34(44-45)39(3,4)5)43-38(47)42-30-13-11-26(12-14-30)36(29-20-31-15-16-32(21-29)41-31)37(46)28-8-6-7-27(19-28)25(2)23-40/h6-14,17-19,22,25,29,31-32,36,41H,15-16,20-21H2,1-5H3,(H2,42,43,47). The van der Waals surface area contributed by atoms with Crippen LogP contribution in [0, 0.1) is 24.2 Å². The fourth-order valence-electron chi connectivity index (χ4n) is 7.00. The van der Waals surface area contributed by atoms with Gasteiger partial charge >= 0.3 is 6.03 Å². The molecule has 8 nitrogen and oxygen atoms in total. The Bertz CT molecular complexity index is 1780. The molecule has 2 aliphatic heterocycles. The van der Waals surface area contributed by atoms with Gasteiger partial charge in [-0.1, -0.05) is 68.8 Å². The zero-order chi connectivity index (χ0) is 33.3. The molecular formula is C39H44N6O2. The largest absolute Gasteiger partial charge is 0.324 e. The topological polar surface area (TPSA) is 112 Å². The number of aromatic nitrogens is 2. The highest BCUT2D eigenvalue weighted by atomic mass is 16.2. The van der Waals surface area contributed by atoms with Gasteiger partial charge in [-0.05, 0) is 86.9 Å². The molecule has 0 radical (unpaired) electrons. The number of nitrogens with one attached hydrogen (secondary N) is 3. The third-order valence-corrected chi connectivity index (χ3v) is 9.65. The Kier molecular flexibility index (Phi) is 9.03. The summed E-state index contributed by atoms with van der Waals surface area (Å²) < 4.78 is 1.76. The maximum Gasteiger partial charge on any atom is 0.324 e. The van der Waals surface area contributed by atoms with Crippen molar-refractivity contribution in [2.75, 3.05) is 10.6 Å². The summed E-state index contributed by atoms with van der Waals surface area (Å²) in [6.07, 6.45) is 4.20. The highest BCUT2D eigenvalue weighted by molar-refractivity contribution is 6.02. The number of ketones is 1. The van der Waals surface area contributed by atoms with Gasteiger partial charge in [0.2, 0.25) is 0 Å². The molecule has 2 saturated heterocycles. The normalized spacial score (nSPS) is 20.2. The number of carbonyl (C=O) groups is 2. The monoisotopic (exact) mass is 628 g/mol. The molecule has 47 heavy (non-hydrogen) atoms. The van der Waals surface area contributed by atoms with E-state index in [0.717, 1.165) is 53.8 Å². The van der Waals surface area contributed by atoms with E-state index < -0.39 is 0 Å². The Morgan fingerprint density at radius 2 is 1.62 bits per heavy atom. The quantitative estimate of drug-likeness (QED) is 0.170. The molecule has 2 aliphatic rings. The van der Waals surface area contributed by atoms with Crippen molar-refractivity contribution in [2.24, 2.45) is 5.92 Å². The molecule has 0 spiro atoms. The molecule has 0 saturated carbocycles. The highest BCUT2D eigenvalue weighted by Gasteiger charge is 2.40. The number of nitrogens with zero attached hydrogens (tertiary/aromatic N) is 3. The number of amides is 2. The summed E-state index contributed by atoms with van der Waals surface area (Å²) in [4.78, 5) is 27.5. The Hall–Kier alpha value is -4.74. The predicted molar refractivity (Wildman–Crippen MR) is 186 cm³/mol. The lowest BCUT2D eigenvalue weighted by molar-refractivity contribution is 0.0906. The van der Waals surface area contributed by atoms with Crippen LogP contribution in [0.25, 0.3) is 5.69 Å². The number of anilines is 2. The van der Waals surface area contributed by atoms with Crippen LogP contribution in [0.3, 0.4) is 0 Å². The number of fused-ring (bicyclic) bond motifs is 2. The SMILES string of the molecule is Cc1ccc(-n2nc(C(C)(C)C)cc2NC(=O)Nc2ccc(C(C(=O)c3cccc(C(C)C#N)c3)C3CC4CCC(C3)N4)cc2)cc1. The maximum absolute atomic E-state index is 14.3. The van der Waals surface area contributed by atoms with E-state index in [9.17, 15) is 14.9 Å². The Balaban J connectivity index is 1.23. The van der Waals surface area contributed by atoms with Gasteiger partial charge in [0, 0.05) is 34.8 Å². The molecule has 2 fully saturated rings. The third kappa shape index (κ3) is 7.16. The zero-order valence-electron chi connectivity index (χ0n) is 27.9. The molecule has 3 aromatic carbocycles. The van der Waals surface area contributed by atoms with E-state index in [2.05, 4.69) is 42.8 Å². The zero-order valence-corrected chi connectivity index (χ0v) is 27.9. The first-order valence-corrected chi connectivity index (χ1v) is 16.6. The second-order valence-electron chi connectivity index (χ2n) is 14.3. The molecule has 4 aromatic rings. The minimum absolute atomic E-state index is 0.0840. The first kappa shape index (κ1) is 32.2. The van der Waals surface area contributed by atoms with E-state index in [4.69, 9.17) is 5.10 Å². The summed E-state index contributed by atoms with van der Waals surface area (Å²) in [5, 5.41) is 24.0. The van der Waals surface area contributed by atoms with Crippen molar-refractivity contribution in [3.8, 4) is 11.8 Å². The minimum Gasteiger partial charge on any atom is -0.311 e. The van der Waals surface area contributed by atoms with Crippen molar-refractivity contribution < 1.29 is 9.59 Å². The predicted octanol–water partition coefficient (Wildman–Crippen LogP) is 8.25. The molecule has 1 aromatic heterocycles. The Labute approximate surface area is 277 Å². The molecule has 3 N–H and O–H groups in total. The average Bonchev–Trinajstić information content (AvgIpc) is 3.64. The molecule has 0 aliphatic carbocycles. The summed E-state index contributed by atoms with van der Waals surface area (Å²) in [6, 6.07) is 27.9. The van der Waals surface area contributed by atoms with E-state index in [1.165, 1.54) is 0 Å². The number of hydrogen-bond donors (Lipinski definition) is 3. The van der Waals surface area contributed by atoms with Crippen LogP contribution in [0.4, 0.5) is 16.3 Å². The summed E-state index contributed by atoms with van der Waals surface area (Å²) in [6.45, 7) is 10.2. The number of carbonyl (C=O) groups excluding carboxylic acids is 2. The van der Waals surface area contributed by atoms with Crippen LogP contribution in [0.5, 0.6) is 0 Å². The van der Waals surface area contributed by atoms with Crippen LogP contribution in [0.15, 0.2) is 78.9 Å². The first-order valence-electron chi connectivity index (χ1n) is 16.6. The smallest absolute Gasteiger partial charge is 0.311 e. The van der Waals surface area contributed by atoms with E-state index in [0.29, 0.717) is 29.2 Å². The van der Waals surface area contributed by atoms with Gasteiger partial charge in [0.25, 0.3) is 0 Å². The Morgan fingerprint density at radius 1 is 0.936 bits per heavy atom. The fourth-order valence-corrected chi connectivity index (χ4v) is 7.00. The molecule has 6 rings (SSSR count). The second kappa shape index (κ2) is 13.2. The number of urea groups is 1. The number of aryl methyl sites for hydroxylation is 1. The maximum atomic E-state index is 14.3. The fraction of sp³-hybridized carbons (Fsp3) is 0.385. The number of hydrogen-bond acceptors (Lipinski definition) is 5. The van der Waals surface area contributed by atoms with Gasteiger partial charge in [0.05, 0.1) is 29.3 Å².